The molecule has 0 aliphatic heterocycles. The Morgan fingerprint density at radius 3 is 2.72 bits per heavy atom. The van der Waals surface area contributed by atoms with E-state index in [2.05, 4.69) is 4.72 Å². The van der Waals surface area contributed by atoms with Crippen molar-refractivity contribution in [2.45, 2.75) is 37.3 Å². The van der Waals surface area contributed by atoms with Gasteiger partial charge in [-0.1, -0.05) is 6.07 Å². The second kappa shape index (κ2) is 4.95. The van der Waals surface area contributed by atoms with E-state index in [1.807, 2.05) is 0 Å². The third-order valence-electron chi connectivity index (χ3n) is 3.14. The van der Waals surface area contributed by atoms with E-state index in [1.54, 1.807) is 6.92 Å². The van der Waals surface area contributed by atoms with Gasteiger partial charge in [0.2, 0.25) is 10.0 Å². The molecule has 1 aliphatic carbocycles. The molecule has 18 heavy (non-hydrogen) atoms. The molecule has 0 heterocycles. The molecule has 1 atom stereocenters. The molecule has 1 aromatic carbocycles. The average molecular weight is 273 g/mol. The second-order valence-corrected chi connectivity index (χ2v) is 6.35. The third-order valence-corrected chi connectivity index (χ3v) is 4.71. The summed E-state index contributed by atoms with van der Waals surface area (Å²) in [5.41, 5.74) is 0.371. The van der Waals surface area contributed by atoms with Gasteiger partial charge in [-0.3, -0.25) is 0 Å². The van der Waals surface area contributed by atoms with E-state index in [4.69, 9.17) is 5.11 Å². The molecule has 0 aromatic heterocycles. The summed E-state index contributed by atoms with van der Waals surface area (Å²) in [7, 11) is -3.86. The number of hydrogen-bond donors (Lipinski definition) is 2. The molecule has 0 bridgehead atoms. The summed E-state index contributed by atoms with van der Waals surface area (Å²) in [4.78, 5) is -0.401. The zero-order chi connectivity index (χ0) is 13.3. The average Bonchev–Trinajstić information content (AvgIpc) is 3.12. The van der Waals surface area contributed by atoms with Crippen LogP contribution in [0.4, 0.5) is 4.39 Å². The van der Waals surface area contributed by atoms with Crippen LogP contribution < -0.4 is 4.72 Å². The van der Waals surface area contributed by atoms with Crippen LogP contribution in [0.15, 0.2) is 23.1 Å². The standard InChI is InChI=1S/C12H16FNO3S/c1-8(10-3-4-10)14-18(16,17)12-6-9(7-15)2-5-11(12)13/h2,5-6,8,10,14-15H,3-4,7H2,1H3. The Hall–Kier alpha value is -0.980. The van der Waals surface area contributed by atoms with Gasteiger partial charge in [-0.15, -0.1) is 0 Å². The van der Waals surface area contributed by atoms with E-state index < -0.39 is 20.7 Å². The number of rotatable bonds is 5. The highest BCUT2D eigenvalue weighted by atomic mass is 32.2. The number of aliphatic hydroxyl groups is 1. The first-order valence-corrected chi connectivity index (χ1v) is 7.34. The molecular weight excluding hydrogens is 257 g/mol. The van der Waals surface area contributed by atoms with Crippen molar-refractivity contribution in [3.05, 3.63) is 29.6 Å². The quantitative estimate of drug-likeness (QED) is 0.852. The highest BCUT2D eigenvalue weighted by Crippen LogP contribution is 2.33. The monoisotopic (exact) mass is 273 g/mol. The smallest absolute Gasteiger partial charge is 0.243 e. The maximum Gasteiger partial charge on any atom is 0.243 e. The molecule has 100 valence electrons. The van der Waals surface area contributed by atoms with Crippen molar-refractivity contribution in [2.24, 2.45) is 5.92 Å². The van der Waals surface area contributed by atoms with Crippen molar-refractivity contribution in [1.29, 1.82) is 0 Å². The molecule has 1 aromatic rings. The van der Waals surface area contributed by atoms with Crippen molar-refractivity contribution >= 4 is 10.0 Å². The first-order chi connectivity index (χ1) is 8.44. The number of hydrogen-bond acceptors (Lipinski definition) is 3. The van der Waals surface area contributed by atoms with Crippen molar-refractivity contribution in [1.82, 2.24) is 4.72 Å². The zero-order valence-corrected chi connectivity index (χ0v) is 10.9. The minimum Gasteiger partial charge on any atom is -0.392 e. The topological polar surface area (TPSA) is 66.4 Å². The van der Waals surface area contributed by atoms with Crippen LogP contribution in [0, 0.1) is 11.7 Å². The Labute approximate surface area is 106 Å². The highest BCUT2D eigenvalue weighted by Gasteiger charge is 2.32. The summed E-state index contributed by atoms with van der Waals surface area (Å²) in [6.07, 6.45) is 2.01. The van der Waals surface area contributed by atoms with Crippen molar-refractivity contribution < 1.29 is 17.9 Å². The van der Waals surface area contributed by atoms with Gasteiger partial charge < -0.3 is 5.11 Å². The van der Waals surface area contributed by atoms with Gasteiger partial charge in [0.25, 0.3) is 0 Å². The van der Waals surface area contributed by atoms with Crippen LogP contribution in [0.1, 0.15) is 25.3 Å². The minimum absolute atomic E-state index is 0.188. The zero-order valence-electron chi connectivity index (χ0n) is 10.1. The maximum absolute atomic E-state index is 13.6. The predicted octanol–water partition coefficient (Wildman–Crippen LogP) is 1.39. The summed E-state index contributed by atoms with van der Waals surface area (Å²) in [5.74, 6) is -0.452. The Balaban J connectivity index is 2.27. The van der Waals surface area contributed by atoms with Crippen LogP contribution in [-0.2, 0) is 16.6 Å². The largest absolute Gasteiger partial charge is 0.392 e. The lowest BCUT2D eigenvalue weighted by Crippen LogP contribution is -2.34. The molecule has 1 aliphatic rings. The van der Waals surface area contributed by atoms with Crippen molar-refractivity contribution in [2.75, 3.05) is 0 Å². The van der Waals surface area contributed by atoms with Crippen molar-refractivity contribution in [3.63, 3.8) is 0 Å². The van der Waals surface area contributed by atoms with E-state index >= 15 is 0 Å². The number of aliphatic hydroxyl groups excluding tert-OH is 1. The molecule has 0 saturated heterocycles. The summed E-state index contributed by atoms with van der Waals surface area (Å²) in [6.45, 7) is 1.46. The predicted molar refractivity (Wildman–Crippen MR) is 64.8 cm³/mol. The van der Waals surface area contributed by atoms with Crippen LogP contribution in [-0.4, -0.2) is 19.6 Å². The molecule has 0 amide bonds. The van der Waals surface area contributed by atoms with E-state index in [9.17, 15) is 12.8 Å². The minimum atomic E-state index is -3.86. The Bertz CT molecular complexity index is 540. The van der Waals surface area contributed by atoms with Crippen LogP contribution in [0.25, 0.3) is 0 Å². The van der Waals surface area contributed by atoms with Gasteiger partial charge >= 0.3 is 0 Å². The Morgan fingerprint density at radius 2 is 2.17 bits per heavy atom. The van der Waals surface area contributed by atoms with Crippen LogP contribution in [0.3, 0.4) is 0 Å². The fourth-order valence-corrected chi connectivity index (χ4v) is 3.29. The number of sulfonamides is 1. The molecule has 1 saturated carbocycles. The van der Waals surface area contributed by atoms with Gasteiger partial charge in [0, 0.05) is 6.04 Å². The maximum atomic E-state index is 13.6. The first-order valence-electron chi connectivity index (χ1n) is 5.85. The van der Waals surface area contributed by atoms with E-state index in [-0.39, 0.29) is 12.6 Å². The fourth-order valence-electron chi connectivity index (χ4n) is 1.85. The second-order valence-electron chi connectivity index (χ2n) is 4.67. The first kappa shape index (κ1) is 13.5. The molecule has 2 rings (SSSR count). The number of nitrogens with one attached hydrogen (secondary N) is 1. The molecule has 2 N–H and O–H groups in total. The van der Waals surface area contributed by atoms with E-state index in [0.717, 1.165) is 25.0 Å². The number of benzene rings is 1. The fraction of sp³-hybridized carbons (Fsp3) is 0.500. The van der Waals surface area contributed by atoms with Gasteiger partial charge in [-0.2, -0.15) is 0 Å². The van der Waals surface area contributed by atoms with Gasteiger partial charge in [0.15, 0.2) is 0 Å². The number of halogens is 1. The van der Waals surface area contributed by atoms with Gasteiger partial charge in [0.1, 0.15) is 10.7 Å². The van der Waals surface area contributed by atoms with Gasteiger partial charge in [0.05, 0.1) is 6.61 Å². The van der Waals surface area contributed by atoms with Gasteiger partial charge in [-0.25, -0.2) is 17.5 Å². The molecule has 6 heteroatoms. The normalized spacial score (nSPS) is 17.7. The summed E-state index contributed by atoms with van der Waals surface area (Å²) >= 11 is 0. The molecule has 0 radical (unpaired) electrons. The van der Waals surface area contributed by atoms with Crippen LogP contribution in [0.2, 0.25) is 0 Å². The third kappa shape index (κ3) is 2.88. The molecule has 0 spiro atoms. The van der Waals surface area contributed by atoms with E-state index in [0.29, 0.717) is 11.5 Å². The molecule has 4 nitrogen and oxygen atoms in total. The Morgan fingerprint density at radius 1 is 1.50 bits per heavy atom. The molecular formula is C12H16FNO3S. The molecule has 1 fully saturated rings. The summed E-state index contributed by atoms with van der Waals surface area (Å²) in [5, 5.41) is 8.96. The SMILES string of the molecule is CC(NS(=O)(=O)c1cc(CO)ccc1F)C1CC1. The van der Waals surface area contributed by atoms with Gasteiger partial charge in [-0.05, 0) is 43.4 Å². The van der Waals surface area contributed by atoms with Crippen LogP contribution >= 0.6 is 0 Å². The van der Waals surface area contributed by atoms with Crippen molar-refractivity contribution in [3.8, 4) is 0 Å². The summed E-state index contributed by atoms with van der Waals surface area (Å²) in [6, 6.07) is 3.39. The summed E-state index contributed by atoms with van der Waals surface area (Å²) < 4.78 is 40.1. The lowest BCUT2D eigenvalue weighted by Gasteiger charge is -2.14. The molecule has 1 unspecified atom stereocenters. The lowest BCUT2D eigenvalue weighted by atomic mass is 10.2. The van der Waals surface area contributed by atoms with E-state index in [1.165, 1.54) is 6.07 Å². The Kier molecular flexibility index (Phi) is 3.70. The lowest BCUT2D eigenvalue weighted by molar-refractivity contribution is 0.281. The van der Waals surface area contributed by atoms with Crippen LogP contribution in [0.5, 0.6) is 0 Å². The highest BCUT2D eigenvalue weighted by molar-refractivity contribution is 7.89.